The van der Waals surface area contributed by atoms with Gasteiger partial charge in [-0.3, -0.25) is 14.6 Å². The molecule has 1 atom stereocenters. The van der Waals surface area contributed by atoms with Crippen LogP contribution in [-0.4, -0.2) is 74.5 Å². The normalized spacial score (nSPS) is 15.1. The molecule has 0 radical (unpaired) electrons. The first-order valence-corrected chi connectivity index (χ1v) is 14.8. The molecule has 13 nitrogen and oxygen atoms in total. The highest BCUT2D eigenvalue weighted by molar-refractivity contribution is 5.94. The standard InChI is InChI=1S/C31H38N8O5/c1-44-28-11-9-21(17-34-28)26(16-29(40)41)39-14-13-38(31(39)43)12-4-7-25-23(15-20-5-2-3-6-24(20)36-25)19-35-30(42)22-8-10-27(37-32)33-18-22/h8-11,15,17-18,26H,2-7,12-14,16,19,32H2,1H3,(H,33,37)(H,35,42)(H,40,41)/t26-/m0/s1. The van der Waals surface area contributed by atoms with Gasteiger partial charge in [0.05, 0.1) is 25.1 Å². The predicted molar refractivity (Wildman–Crippen MR) is 162 cm³/mol. The van der Waals surface area contributed by atoms with Gasteiger partial charge in [-0.1, -0.05) is 12.1 Å². The molecule has 5 N–H and O–H groups in total. The minimum Gasteiger partial charge on any atom is -0.481 e. The number of hydrogen-bond donors (Lipinski definition) is 4. The molecule has 0 spiro atoms. The molecule has 4 heterocycles. The van der Waals surface area contributed by atoms with Crippen molar-refractivity contribution in [1.29, 1.82) is 0 Å². The van der Waals surface area contributed by atoms with Gasteiger partial charge in [0.1, 0.15) is 5.82 Å². The highest BCUT2D eigenvalue weighted by Gasteiger charge is 2.35. The van der Waals surface area contributed by atoms with Crippen LogP contribution in [0.3, 0.4) is 0 Å². The van der Waals surface area contributed by atoms with Crippen LogP contribution in [0, 0.1) is 0 Å². The first-order valence-electron chi connectivity index (χ1n) is 14.8. The summed E-state index contributed by atoms with van der Waals surface area (Å²) in [4.78, 5) is 54.6. The van der Waals surface area contributed by atoms with Gasteiger partial charge in [-0.25, -0.2) is 20.6 Å². The number of hydrazine groups is 1. The number of nitrogens with two attached hydrogens (primary N) is 1. The molecule has 232 valence electrons. The number of aromatic nitrogens is 3. The number of nitrogen functional groups attached to an aromatic ring is 1. The molecule has 3 amide bonds. The largest absolute Gasteiger partial charge is 0.481 e. The monoisotopic (exact) mass is 602 g/mol. The molecule has 44 heavy (non-hydrogen) atoms. The topological polar surface area (TPSA) is 176 Å². The number of methoxy groups -OCH3 is 1. The Morgan fingerprint density at radius 1 is 1.11 bits per heavy atom. The first-order chi connectivity index (χ1) is 21.4. The number of aryl methyl sites for hydroxylation is 3. The molecule has 2 aliphatic rings. The lowest BCUT2D eigenvalue weighted by molar-refractivity contribution is -0.138. The summed E-state index contributed by atoms with van der Waals surface area (Å²) in [6.45, 7) is 1.77. The third kappa shape index (κ3) is 7.22. The number of aliphatic carboxylic acids is 1. The number of fused-ring (bicyclic) bond motifs is 1. The second-order valence-electron chi connectivity index (χ2n) is 11.0. The Hall–Kier alpha value is -4.78. The maximum atomic E-state index is 13.4. The van der Waals surface area contributed by atoms with E-state index in [9.17, 15) is 19.5 Å². The van der Waals surface area contributed by atoms with Crippen LogP contribution in [0.15, 0.2) is 42.7 Å². The molecule has 5 rings (SSSR count). The first kappa shape index (κ1) is 30.7. The van der Waals surface area contributed by atoms with E-state index < -0.39 is 12.0 Å². The van der Waals surface area contributed by atoms with Crippen LogP contribution < -0.4 is 21.3 Å². The lowest BCUT2D eigenvalue weighted by atomic mass is 9.93. The molecule has 0 bridgehead atoms. The minimum absolute atomic E-state index is 0.192. The van der Waals surface area contributed by atoms with Crippen molar-refractivity contribution < 1.29 is 24.2 Å². The van der Waals surface area contributed by atoms with E-state index in [4.69, 9.17) is 15.6 Å². The van der Waals surface area contributed by atoms with Crippen molar-refractivity contribution in [2.45, 2.75) is 57.5 Å². The number of hydrogen-bond acceptors (Lipinski definition) is 9. The molecule has 0 aromatic carbocycles. The smallest absolute Gasteiger partial charge is 0.320 e. The van der Waals surface area contributed by atoms with Crippen LogP contribution in [-0.2, 0) is 30.6 Å². The van der Waals surface area contributed by atoms with Gasteiger partial charge in [0.15, 0.2) is 0 Å². The molecule has 0 saturated carbocycles. The number of amides is 3. The number of nitrogens with zero attached hydrogens (tertiary/aromatic N) is 5. The van der Waals surface area contributed by atoms with Gasteiger partial charge in [-0.05, 0) is 67.3 Å². The highest BCUT2D eigenvalue weighted by atomic mass is 16.5. The summed E-state index contributed by atoms with van der Waals surface area (Å²) in [6, 6.07) is 8.06. The Kier molecular flexibility index (Phi) is 9.85. The molecule has 1 fully saturated rings. The van der Waals surface area contributed by atoms with Crippen molar-refractivity contribution >= 4 is 23.7 Å². The zero-order valence-corrected chi connectivity index (χ0v) is 24.8. The van der Waals surface area contributed by atoms with Crippen LogP contribution in [0.1, 0.15) is 70.2 Å². The van der Waals surface area contributed by atoms with Crippen molar-refractivity contribution in [3.63, 3.8) is 0 Å². The maximum absolute atomic E-state index is 13.4. The molecule has 1 aliphatic carbocycles. The third-order valence-corrected chi connectivity index (χ3v) is 8.15. The number of rotatable bonds is 13. The fraction of sp³-hybridized carbons (Fsp3) is 0.419. The number of carboxylic acids is 1. The summed E-state index contributed by atoms with van der Waals surface area (Å²) in [7, 11) is 1.51. The number of carbonyl (C=O) groups excluding carboxylic acids is 2. The number of nitrogens with one attached hydrogen (secondary N) is 2. The van der Waals surface area contributed by atoms with E-state index in [0.717, 1.165) is 42.6 Å². The molecule has 3 aromatic rings. The molecular weight excluding hydrogens is 564 g/mol. The van der Waals surface area contributed by atoms with Crippen molar-refractivity contribution in [2.75, 3.05) is 32.2 Å². The quantitative estimate of drug-likeness (QED) is 0.168. The van der Waals surface area contributed by atoms with Gasteiger partial charge in [0, 0.05) is 56.0 Å². The van der Waals surface area contributed by atoms with Gasteiger partial charge in [-0.15, -0.1) is 0 Å². The lowest BCUT2D eigenvalue weighted by Crippen LogP contribution is -2.36. The Balaban J connectivity index is 1.23. The summed E-state index contributed by atoms with van der Waals surface area (Å²) in [5.41, 5.74) is 7.76. The minimum atomic E-state index is -0.990. The maximum Gasteiger partial charge on any atom is 0.320 e. The van der Waals surface area contributed by atoms with Crippen molar-refractivity contribution in [2.24, 2.45) is 5.84 Å². The molecular formula is C31H38N8O5. The number of ether oxygens (including phenoxy) is 1. The number of urea groups is 1. The van der Waals surface area contributed by atoms with E-state index in [1.807, 2.05) is 0 Å². The van der Waals surface area contributed by atoms with Gasteiger partial charge in [0.2, 0.25) is 5.88 Å². The fourth-order valence-corrected chi connectivity index (χ4v) is 5.80. The number of pyridine rings is 3. The zero-order chi connectivity index (χ0) is 31.1. The highest BCUT2D eigenvalue weighted by Crippen LogP contribution is 2.29. The van der Waals surface area contributed by atoms with E-state index in [-0.39, 0.29) is 18.4 Å². The Morgan fingerprint density at radius 2 is 1.95 bits per heavy atom. The van der Waals surface area contributed by atoms with Crippen LogP contribution >= 0.6 is 0 Å². The summed E-state index contributed by atoms with van der Waals surface area (Å²) in [5.74, 6) is 5.03. The SMILES string of the molecule is COc1ccc([C@H](CC(=O)O)N2CCN(CCCc3nc4c(cc3CNC(=O)c3ccc(NN)nc3)CCCC4)C2=O)cn1. The van der Waals surface area contributed by atoms with Crippen LogP contribution in [0.2, 0.25) is 0 Å². The predicted octanol–water partition coefficient (Wildman–Crippen LogP) is 2.86. The Bertz CT molecular complexity index is 1480. The van der Waals surface area contributed by atoms with Gasteiger partial charge in [-0.2, -0.15) is 0 Å². The van der Waals surface area contributed by atoms with Gasteiger partial charge in [0.25, 0.3) is 5.91 Å². The summed E-state index contributed by atoms with van der Waals surface area (Å²) >= 11 is 0. The summed E-state index contributed by atoms with van der Waals surface area (Å²) in [5, 5.41) is 12.6. The second kappa shape index (κ2) is 14.1. The summed E-state index contributed by atoms with van der Waals surface area (Å²) in [6.07, 6.45) is 8.27. The second-order valence-corrected chi connectivity index (χ2v) is 11.0. The average Bonchev–Trinajstić information content (AvgIpc) is 3.41. The Morgan fingerprint density at radius 3 is 2.66 bits per heavy atom. The zero-order valence-electron chi connectivity index (χ0n) is 24.8. The van der Waals surface area contributed by atoms with Gasteiger partial charge >= 0.3 is 12.0 Å². The molecule has 0 unspecified atom stereocenters. The van der Waals surface area contributed by atoms with Crippen molar-refractivity contribution in [3.8, 4) is 5.88 Å². The van der Waals surface area contributed by atoms with Crippen LogP contribution in [0.4, 0.5) is 10.6 Å². The average molecular weight is 603 g/mol. The number of anilines is 1. The molecule has 3 aromatic heterocycles. The van der Waals surface area contributed by atoms with E-state index in [2.05, 4.69) is 26.8 Å². The van der Waals surface area contributed by atoms with E-state index >= 15 is 0 Å². The molecule has 13 heteroatoms. The van der Waals surface area contributed by atoms with Crippen molar-refractivity contribution in [1.82, 2.24) is 30.1 Å². The molecule has 1 saturated heterocycles. The number of carboxylic acid groups (broad SMARTS) is 1. The van der Waals surface area contributed by atoms with E-state index in [1.54, 1.807) is 40.3 Å². The van der Waals surface area contributed by atoms with Crippen LogP contribution in [0.5, 0.6) is 5.88 Å². The molecule has 1 aliphatic heterocycles. The number of carbonyl (C=O) groups is 3. The van der Waals surface area contributed by atoms with Crippen LogP contribution in [0.25, 0.3) is 0 Å². The van der Waals surface area contributed by atoms with Gasteiger partial charge < -0.3 is 30.4 Å². The van der Waals surface area contributed by atoms with E-state index in [1.165, 1.54) is 18.9 Å². The Labute approximate surface area is 255 Å². The van der Waals surface area contributed by atoms with E-state index in [0.29, 0.717) is 61.8 Å². The third-order valence-electron chi connectivity index (χ3n) is 8.15. The van der Waals surface area contributed by atoms with Crippen molar-refractivity contribution in [3.05, 3.63) is 76.4 Å². The fourth-order valence-electron chi connectivity index (χ4n) is 5.80. The lowest BCUT2D eigenvalue weighted by Gasteiger charge is -2.27. The summed E-state index contributed by atoms with van der Waals surface area (Å²) < 4.78 is 5.12.